The number of rotatable bonds is 6. The first-order chi connectivity index (χ1) is 8.75. The molecule has 4 nitrogen and oxygen atoms in total. The van der Waals surface area contributed by atoms with Crippen molar-refractivity contribution < 1.29 is 14.4 Å². The molecule has 0 aliphatic carbocycles. The smallest absolute Gasteiger partial charge is 0.304 e. The first kappa shape index (κ1) is 12.7. The fourth-order valence-corrected chi connectivity index (χ4v) is 2.26. The van der Waals surface area contributed by atoms with E-state index in [4.69, 9.17) is 9.63 Å². The van der Waals surface area contributed by atoms with Gasteiger partial charge in [-0.3, -0.25) is 4.79 Å². The molecule has 0 amide bonds. The molecule has 18 heavy (non-hydrogen) atoms. The van der Waals surface area contributed by atoms with Crippen molar-refractivity contribution in [3.05, 3.63) is 42.2 Å². The van der Waals surface area contributed by atoms with E-state index >= 15 is 0 Å². The number of thioether (sulfide) groups is 1. The monoisotopic (exact) mass is 263 g/mol. The summed E-state index contributed by atoms with van der Waals surface area (Å²) in [7, 11) is 0. The molecular formula is C13H13NO3S. The average Bonchev–Trinajstić information content (AvgIpc) is 2.84. The number of aliphatic carboxylic acids is 1. The summed E-state index contributed by atoms with van der Waals surface area (Å²) in [6, 6.07) is 11.7. The highest BCUT2D eigenvalue weighted by Crippen LogP contribution is 2.21. The van der Waals surface area contributed by atoms with Crippen LogP contribution in [0.2, 0.25) is 0 Å². The molecule has 0 fully saturated rings. The lowest BCUT2D eigenvalue weighted by atomic mass is 10.1. The Bertz CT molecular complexity index is 510. The van der Waals surface area contributed by atoms with Crippen LogP contribution in [0, 0.1) is 0 Å². The first-order valence-electron chi connectivity index (χ1n) is 5.56. The Morgan fingerprint density at radius 1 is 1.33 bits per heavy atom. The van der Waals surface area contributed by atoms with Gasteiger partial charge < -0.3 is 9.63 Å². The van der Waals surface area contributed by atoms with E-state index in [1.54, 1.807) is 0 Å². The maximum atomic E-state index is 10.4. The third-order valence-electron chi connectivity index (χ3n) is 2.33. The van der Waals surface area contributed by atoms with Gasteiger partial charge in [0.15, 0.2) is 0 Å². The zero-order valence-corrected chi connectivity index (χ0v) is 10.5. The van der Waals surface area contributed by atoms with Gasteiger partial charge >= 0.3 is 5.97 Å². The highest BCUT2D eigenvalue weighted by atomic mass is 32.2. The fourth-order valence-electron chi connectivity index (χ4n) is 1.46. The van der Waals surface area contributed by atoms with Gasteiger partial charge in [0.1, 0.15) is 11.5 Å². The van der Waals surface area contributed by atoms with Crippen LogP contribution in [0.1, 0.15) is 12.2 Å². The second-order valence-electron chi connectivity index (χ2n) is 3.74. The summed E-state index contributed by atoms with van der Waals surface area (Å²) in [5.74, 6) is 1.22. The third-order valence-corrected chi connectivity index (χ3v) is 3.31. The number of aromatic nitrogens is 1. The van der Waals surface area contributed by atoms with Crippen molar-refractivity contribution in [2.75, 3.05) is 5.75 Å². The molecule has 0 aliphatic heterocycles. The summed E-state index contributed by atoms with van der Waals surface area (Å²) in [6.45, 7) is 0. The Kier molecular flexibility index (Phi) is 4.41. The van der Waals surface area contributed by atoms with E-state index < -0.39 is 5.97 Å². The minimum absolute atomic E-state index is 0.171. The lowest BCUT2D eigenvalue weighted by Crippen LogP contribution is -1.95. The molecule has 0 unspecified atom stereocenters. The predicted molar refractivity (Wildman–Crippen MR) is 70.4 cm³/mol. The van der Waals surface area contributed by atoms with Crippen molar-refractivity contribution in [2.45, 2.75) is 12.2 Å². The van der Waals surface area contributed by atoms with Crippen molar-refractivity contribution >= 4 is 17.7 Å². The maximum Gasteiger partial charge on any atom is 0.304 e. The Morgan fingerprint density at radius 2 is 2.11 bits per heavy atom. The summed E-state index contributed by atoms with van der Waals surface area (Å²) < 4.78 is 5.21. The average molecular weight is 263 g/mol. The van der Waals surface area contributed by atoms with Gasteiger partial charge in [-0.15, -0.1) is 0 Å². The van der Waals surface area contributed by atoms with Crippen LogP contribution < -0.4 is 0 Å². The van der Waals surface area contributed by atoms with Gasteiger partial charge in [-0.25, -0.2) is 0 Å². The predicted octanol–water partition coefficient (Wildman–Crippen LogP) is 3.05. The fraction of sp³-hybridized carbons (Fsp3) is 0.231. The van der Waals surface area contributed by atoms with Crippen molar-refractivity contribution in [3.8, 4) is 11.3 Å². The molecule has 0 saturated carbocycles. The summed E-state index contributed by atoms with van der Waals surface area (Å²) in [4.78, 5) is 10.4. The van der Waals surface area contributed by atoms with Crippen molar-refractivity contribution in [2.24, 2.45) is 0 Å². The van der Waals surface area contributed by atoms with Crippen molar-refractivity contribution in [1.82, 2.24) is 5.16 Å². The highest BCUT2D eigenvalue weighted by molar-refractivity contribution is 7.98. The van der Waals surface area contributed by atoms with Crippen molar-refractivity contribution in [3.63, 3.8) is 0 Å². The standard InChI is InChI=1S/C13H13NO3S/c15-13(16)6-7-18-9-11-8-12(14-17-11)10-4-2-1-3-5-10/h1-5,8H,6-7,9H2,(H,15,16). The molecular weight excluding hydrogens is 250 g/mol. The molecule has 0 saturated heterocycles. The van der Waals surface area contributed by atoms with Crippen LogP contribution in [0.4, 0.5) is 0 Å². The zero-order chi connectivity index (χ0) is 12.8. The Balaban J connectivity index is 1.89. The second-order valence-corrected chi connectivity index (χ2v) is 4.85. The van der Waals surface area contributed by atoms with E-state index in [1.165, 1.54) is 11.8 Å². The number of carbonyl (C=O) groups is 1. The Morgan fingerprint density at radius 3 is 2.83 bits per heavy atom. The third kappa shape index (κ3) is 3.63. The quantitative estimate of drug-likeness (QED) is 0.811. The van der Waals surface area contributed by atoms with E-state index in [-0.39, 0.29) is 6.42 Å². The first-order valence-corrected chi connectivity index (χ1v) is 6.72. The molecule has 1 aromatic heterocycles. The SMILES string of the molecule is O=C(O)CCSCc1cc(-c2ccccc2)no1. The van der Waals surface area contributed by atoms with Crippen LogP contribution in [0.5, 0.6) is 0 Å². The van der Waals surface area contributed by atoms with Crippen LogP contribution in [0.15, 0.2) is 40.9 Å². The van der Waals surface area contributed by atoms with E-state index in [0.717, 1.165) is 17.0 Å². The van der Waals surface area contributed by atoms with Crippen LogP contribution in [0.25, 0.3) is 11.3 Å². The largest absolute Gasteiger partial charge is 0.481 e. The topological polar surface area (TPSA) is 63.3 Å². The number of hydrogen-bond acceptors (Lipinski definition) is 4. The van der Waals surface area contributed by atoms with Gasteiger partial charge in [0.05, 0.1) is 12.2 Å². The molecule has 5 heteroatoms. The molecule has 0 spiro atoms. The number of benzene rings is 1. The summed E-state index contributed by atoms with van der Waals surface area (Å²) in [5.41, 5.74) is 1.83. The second kappa shape index (κ2) is 6.26. The van der Waals surface area contributed by atoms with Gasteiger partial charge in [0.2, 0.25) is 0 Å². The van der Waals surface area contributed by atoms with Gasteiger partial charge in [0, 0.05) is 17.4 Å². The highest BCUT2D eigenvalue weighted by Gasteiger charge is 2.06. The molecule has 1 N–H and O–H groups in total. The Labute approximate surface area is 109 Å². The number of carboxylic acids is 1. The molecule has 0 radical (unpaired) electrons. The minimum atomic E-state index is -0.773. The normalized spacial score (nSPS) is 10.4. The lowest BCUT2D eigenvalue weighted by Gasteiger charge is -1.94. The van der Waals surface area contributed by atoms with E-state index in [0.29, 0.717) is 11.5 Å². The van der Waals surface area contributed by atoms with Gasteiger partial charge in [0.25, 0.3) is 0 Å². The van der Waals surface area contributed by atoms with E-state index in [9.17, 15) is 4.79 Å². The minimum Gasteiger partial charge on any atom is -0.481 e. The summed E-state index contributed by atoms with van der Waals surface area (Å²) in [6.07, 6.45) is 0.171. The van der Waals surface area contributed by atoms with Crippen LogP contribution in [0.3, 0.4) is 0 Å². The van der Waals surface area contributed by atoms with Crippen LogP contribution in [-0.2, 0) is 10.5 Å². The molecule has 0 atom stereocenters. The maximum absolute atomic E-state index is 10.4. The molecule has 2 rings (SSSR count). The number of nitrogens with zero attached hydrogens (tertiary/aromatic N) is 1. The Hall–Kier alpha value is -1.75. The van der Waals surface area contributed by atoms with Gasteiger partial charge in [-0.1, -0.05) is 35.5 Å². The van der Waals surface area contributed by atoms with Crippen LogP contribution in [-0.4, -0.2) is 22.0 Å². The number of hydrogen-bond donors (Lipinski definition) is 1. The van der Waals surface area contributed by atoms with Gasteiger partial charge in [-0.2, -0.15) is 11.8 Å². The number of carboxylic acid groups (broad SMARTS) is 1. The van der Waals surface area contributed by atoms with Crippen LogP contribution >= 0.6 is 11.8 Å². The summed E-state index contributed by atoms with van der Waals surface area (Å²) >= 11 is 1.53. The molecule has 1 aromatic carbocycles. The summed E-state index contributed by atoms with van der Waals surface area (Å²) in [5, 5.41) is 12.5. The molecule has 94 valence electrons. The molecule has 0 aliphatic rings. The molecule has 2 aromatic rings. The molecule has 1 heterocycles. The van der Waals surface area contributed by atoms with E-state index in [2.05, 4.69) is 5.16 Å². The molecule has 0 bridgehead atoms. The van der Waals surface area contributed by atoms with E-state index in [1.807, 2.05) is 36.4 Å². The lowest BCUT2D eigenvalue weighted by molar-refractivity contribution is -0.136. The van der Waals surface area contributed by atoms with Crippen molar-refractivity contribution in [1.29, 1.82) is 0 Å². The zero-order valence-electron chi connectivity index (χ0n) is 9.70. The van der Waals surface area contributed by atoms with Gasteiger partial charge in [-0.05, 0) is 0 Å².